The van der Waals surface area contributed by atoms with E-state index < -0.39 is 11.5 Å². The predicted molar refractivity (Wildman–Crippen MR) is 147 cm³/mol. The number of rotatable bonds is 6. The van der Waals surface area contributed by atoms with Gasteiger partial charge in [-0.2, -0.15) is 10.2 Å². The number of carbonyl (C=O) groups is 2. The van der Waals surface area contributed by atoms with Crippen molar-refractivity contribution in [2.45, 2.75) is 64.6 Å². The summed E-state index contributed by atoms with van der Waals surface area (Å²) in [6, 6.07) is 7.65. The van der Waals surface area contributed by atoms with Crippen LogP contribution in [0.15, 0.2) is 36.7 Å². The highest BCUT2D eigenvalue weighted by Crippen LogP contribution is 2.34. The number of halogens is 1. The number of hydrogen-bond acceptors (Lipinski definition) is 6. The summed E-state index contributed by atoms with van der Waals surface area (Å²) in [5.74, 6) is 0.0322. The molecule has 38 heavy (non-hydrogen) atoms. The molecule has 0 unspecified atom stereocenters. The third kappa shape index (κ3) is 6.48. The van der Waals surface area contributed by atoms with Crippen molar-refractivity contribution in [3.8, 4) is 11.3 Å². The normalized spacial score (nSPS) is 15.1. The number of benzene rings is 1. The summed E-state index contributed by atoms with van der Waals surface area (Å²) < 4.78 is 9.22. The molecule has 3 N–H and O–H groups in total. The molecule has 2 amide bonds. The van der Waals surface area contributed by atoms with Crippen LogP contribution in [0.1, 0.15) is 68.4 Å². The quantitative estimate of drug-likeness (QED) is 0.456. The Labute approximate surface area is 228 Å². The molecule has 0 spiro atoms. The minimum Gasteiger partial charge on any atom is -0.444 e. The van der Waals surface area contributed by atoms with Gasteiger partial charge >= 0.3 is 6.09 Å². The summed E-state index contributed by atoms with van der Waals surface area (Å²) in [4.78, 5) is 26.9. The van der Waals surface area contributed by atoms with Gasteiger partial charge in [-0.1, -0.05) is 23.7 Å². The summed E-state index contributed by atoms with van der Waals surface area (Å²) in [6.07, 6.45) is 6.43. The van der Waals surface area contributed by atoms with Gasteiger partial charge in [0.25, 0.3) is 5.91 Å². The molecule has 1 aliphatic heterocycles. The Morgan fingerprint density at radius 2 is 1.92 bits per heavy atom. The van der Waals surface area contributed by atoms with Crippen molar-refractivity contribution in [2.75, 3.05) is 25.5 Å². The highest BCUT2D eigenvalue weighted by atomic mass is 35.5. The van der Waals surface area contributed by atoms with Crippen LogP contribution >= 0.6 is 11.6 Å². The van der Waals surface area contributed by atoms with Gasteiger partial charge in [0, 0.05) is 36.9 Å². The van der Waals surface area contributed by atoms with Crippen molar-refractivity contribution in [1.82, 2.24) is 24.5 Å². The van der Waals surface area contributed by atoms with Crippen molar-refractivity contribution >= 4 is 29.4 Å². The third-order valence-electron chi connectivity index (χ3n) is 6.46. The average Bonchev–Trinajstić information content (AvgIpc) is 3.42. The van der Waals surface area contributed by atoms with Gasteiger partial charge in [-0.05, 0) is 64.2 Å². The minimum atomic E-state index is -0.555. The van der Waals surface area contributed by atoms with Crippen LogP contribution in [0, 0.1) is 0 Å². The smallest absolute Gasteiger partial charge is 0.410 e. The number of amides is 2. The first-order valence-electron chi connectivity index (χ1n) is 12.9. The highest BCUT2D eigenvalue weighted by molar-refractivity contribution is 6.30. The molecule has 0 atom stereocenters. The van der Waals surface area contributed by atoms with E-state index in [-0.39, 0.29) is 12.1 Å². The van der Waals surface area contributed by atoms with Gasteiger partial charge in [0.15, 0.2) is 0 Å². The summed E-state index contributed by atoms with van der Waals surface area (Å²) in [5, 5.41) is 13.2. The zero-order chi connectivity index (χ0) is 27.4. The van der Waals surface area contributed by atoms with Crippen molar-refractivity contribution < 1.29 is 14.3 Å². The van der Waals surface area contributed by atoms with E-state index in [1.54, 1.807) is 22.8 Å². The van der Waals surface area contributed by atoms with Crippen LogP contribution in [-0.2, 0) is 11.3 Å². The number of ether oxygens (including phenoxy) is 1. The first kappa shape index (κ1) is 27.5. The molecular weight excluding hydrogens is 506 g/mol. The lowest BCUT2D eigenvalue weighted by molar-refractivity contribution is 0.0228. The van der Waals surface area contributed by atoms with E-state index >= 15 is 0 Å². The third-order valence-corrected chi connectivity index (χ3v) is 6.70. The molecule has 1 fully saturated rings. The van der Waals surface area contributed by atoms with Crippen LogP contribution in [0.4, 0.5) is 10.6 Å². The summed E-state index contributed by atoms with van der Waals surface area (Å²) >= 11 is 6.12. The number of nitrogens with one attached hydrogen (secondary N) is 1. The Morgan fingerprint density at radius 3 is 2.53 bits per heavy atom. The first-order chi connectivity index (χ1) is 18.1. The standard InChI is InChI=1S/C27H36ClN7O3/c1-27(2,3)38-26(37)33-12-6-10-21(11-7-13-33)35-25(30-4)22(24(29)36)23(32-35)19-15-31-34(17-19)16-18-8-5-9-20(28)14-18/h5,8-9,14-15,17,21,30H,6-7,10-13,16H2,1-4H3,(H2,29,36). The molecule has 1 saturated heterocycles. The van der Waals surface area contributed by atoms with Gasteiger partial charge < -0.3 is 20.7 Å². The maximum Gasteiger partial charge on any atom is 0.410 e. The topological polar surface area (TPSA) is 120 Å². The van der Waals surface area contributed by atoms with Crippen molar-refractivity contribution in [2.24, 2.45) is 5.73 Å². The number of hydrogen-bond donors (Lipinski definition) is 2. The summed E-state index contributed by atoms with van der Waals surface area (Å²) in [6.45, 7) is 7.36. The Balaban J connectivity index is 1.55. The fourth-order valence-electron chi connectivity index (χ4n) is 4.81. The summed E-state index contributed by atoms with van der Waals surface area (Å²) in [7, 11) is 1.76. The fraction of sp³-hybridized carbons (Fsp3) is 0.481. The van der Waals surface area contributed by atoms with Crippen molar-refractivity contribution in [1.29, 1.82) is 0 Å². The second-order valence-corrected chi connectivity index (χ2v) is 11.0. The minimum absolute atomic E-state index is 0.0478. The molecule has 1 aromatic carbocycles. The number of aromatic nitrogens is 4. The second-order valence-electron chi connectivity index (χ2n) is 10.6. The Bertz CT molecular complexity index is 1280. The number of anilines is 1. The average molecular weight is 542 g/mol. The molecule has 0 aliphatic carbocycles. The predicted octanol–water partition coefficient (Wildman–Crippen LogP) is 4.94. The molecule has 10 nitrogen and oxygen atoms in total. The SMILES string of the molecule is CNc1c(C(N)=O)c(-c2cnn(Cc3cccc(Cl)c3)c2)nn1C1CCCN(C(=O)OC(C)(C)C)CCC1. The van der Waals surface area contributed by atoms with E-state index in [0.717, 1.165) is 31.2 Å². The van der Waals surface area contributed by atoms with Crippen LogP contribution in [0.25, 0.3) is 11.3 Å². The number of nitrogens with zero attached hydrogens (tertiary/aromatic N) is 5. The molecule has 204 valence electrons. The highest BCUT2D eigenvalue weighted by Gasteiger charge is 2.29. The first-order valence-corrected chi connectivity index (χ1v) is 13.3. The Kier molecular flexibility index (Phi) is 8.30. The molecule has 3 heterocycles. The van der Waals surface area contributed by atoms with Gasteiger partial charge in [0.2, 0.25) is 0 Å². The largest absolute Gasteiger partial charge is 0.444 e. The van der Waals surface area contributed by atoms with Gasteiger partial charge in [0.1, 0.15) is 22.7 Å². The number of nitrogens with two attached hydrogens (primary N) is 1. The maximum atomic E-state index is 12.6. The Hall–Kier alpha value is -3.53. The van der Waals surface area contributed by atoms with E-state index in [2.05, 4.69) is 10.4 Å². The molecule has 11 heteroatoms. The molecule has 0 radical (unpaired) electrons. The lowest BCUT2D eigenvalue weighted by Gasteiger charge is -2.30. The van der Waals surface area contributed by atoms with Crippen LogP contribution in [-0.4, -0.2) is 62.2 Å². The van der Waals surface area contributed by atoms with Crippen LogP contribution in [0.5, 0.6) is 0 Å². The number of carbonyl (C=O) groups excluding carboxylic acids is 2. The lowest BCUT2D eigenvalue weighted by Crippen LogP contribution is -2.39. The van der Waals surface area contributed by atoms with Crippen LogP contribution in [0.3, 0.4) is 0 Å². The number of likely N-dealkylation sites (tertiary alicyclic amines) is 1. The molecule has 4 rings (SSSR count). The lowest BCUT2D eigenvalue weighted by atomic mass is 10.0. The molecule has 0 bridgehead atoms. The summed E-state index contributed by atoms with van der Waals surface area (Å²) in [5.41, 5.74) is 7.87. The van der Waals surface area contributed by atoms with Gasteiger partial charge in [-0.15, -0.1) is 0 Å². The molecule has 1 aliphatic rings. The van der Waals surface area contributed by atoms with E-state index in [9.17, 15) is 9.59 Å². The van der Waals surface area contributed by atoms with Gasteiger partial charge in [-0.3, -0.25) is 9.48 Å². The van der Waals surface area contributed by atoms with Gasteiger partial charge in [0.05, 0.1) is 18.8 Å². The van der Waals surface area contributed by atoms with E-state index in [0.29, 0.717) is 47.3 Å². The van der Waals surface area contributed by atoms with Crippen LogP contribution < -0.4 is 11.1 Å². The maximum absolute atomic E-state index is 12.6. The van der Waals surface area contributed by atoms with Crippen LogP contribution in [0.2, 0.25) is 5.02 Å². The van der Waals surface area contributed by atoms with Crippen molar-refractivity contribution in [3.63, 3.8) is 0 Å². The molecule has 0 saturated carbocycles. The molecular formula is C27H36ClN7O3. The number of primary amides is 1. The Morgan fingerprint density at radius 1 is 1.21 bits per heavy atom. The van der Waals surface area contributed by atoms with Crippen molar-refractivity contribution in [3.05, 3.63) is 52.8 Å². The zero-order valence-electron chi connectivity index (χ0n) is 22.4. The van der Waals surface area contributed by atoms with E-state index in [4.69, 9.17) is 27.2 Å². The fourth-order valence-corrected chi connectivity index (χ4v) is 5.03. The van der Waals surface area contributed by atoms with Gasteiger partial charge in [-0.25, -0.2) is 9.48 Å². The van der Waals surface area contributed by atoms with E-state index in [1.165, 1.54) is 0 Å². The molecule has 3 aromatic rings. The zero-order valence-corrected chi connectivity index (χ0v) is 23.2. The van der Waals surface area contributed by atoms with E-state index in [1.807, 2.05) is 55.9 Å². The monoisotopic (exact) mass is 541 g/mol. The second kappa shape index (κ2) is 11.5. The molecule has 2 aromatic heterocycles.